The molecular weight excluding hydrogens is 470 g/mol. The fourth-order valence-corrected chi connectivity index (χ4v) is 6.68. The van der Waals surface area contributed by atoms with Crippen LogP contribution in [0.25, 0.3) is 0 Å². The van der Waals surface area contributed by atoms with E-state index in [0.717, 1.165) is 5.56 Å². The average Bonchev–Trinajstić information content (AvgIpc) is 3.13. The minimum Gasteiger partial charge on any atom is -0.457 e. The third-order valence-electron chi connectivity index (χ3n) is 8.53. The van der Waals surface area contributed by atoms with Crippen molar-refractivity contribution < 1.29 is 29.3 Å². The molecule has 37 heavy (non-hydrogen) atoms. The lowest BCUT2D eigenvalue weighted by molar-refractivity contribution is -0.166. The molecule has 0 bridgehead atoms. The Bertz CT molecular complexity index is 1140. The Hall–Kier alpha value is -3.03. The van der Waals surface area contributed by atoms with Crippen LogP contribution in [-0.4, -0.2) is 51.7 Å². The van der Waals surface area contributed by atoms with E-state index in [2.05, 4.69) is 11.9 Å². The summed E-state index contributed by atoms with van der Waals surface area (Å²) in [4.78, 5) is 39.5. The third-order valence-corrected chi connectivity index (χ3v) is 8.53. The molecule has 1 saturated heterocycles. The summed E-state index contributed by atoms with van der Waals surface area (Å²) in [5.74, 6) is -3.26. The molecule has 1 saturated carbocycles. The van der Waals surface area contributed by atoms with E-state index in [1.54, 1.807) is 19.1 Å². The van der Waals surface area contributed by atoms with Crippen molar-refractivity contribution in [2.45, 2.75) is 64.4 Å². The number of aliphatic hydroxyl groups excluding tert-OH is 1. The second-order valence-corrected chi connectivity index (χ2v) is 11.0. The minimum absolute atomic E-state index is 0.287. The van der Waals surface area contributed by atoms with E-state index in [0.29, 0.717) is 18.4 Å². The molecular formula is C30H37NO6. The lowest BCUT2D eigenvalue weighted by atomic mass is 9.51. The van der Waals surface area contributed by atoms with E-state index in [4.69, 9.17) is 4.74 Å². The first-order valence-corrected chi connectivity index (χ1v) is 12.9. The summed E-state index contributed by atoms with van der Waals surface area (Å²) < 4.78 is 5.81. The van der Waals surface area contributed by atoms with Crippen LogP contribution in [0, 0.1) is 29.1 Å². The van der Waals surface area contributed by atoms with Gasteiger partial charge in [0.05, 0.1) is 6.10 Å². The lowest BCUT2D eigenvalue weighted by Gasteiger charge is -2.52. The van der Waals surface area contributed by atoms with Crippen LogP contribution in [0.15, 0.2) is 66.8 Å². The number of nitrogens with one attached hydrogen (secondary N) is 1. The van der Waals surface area contributed by atoms with E-state index in [-0.39, 0.29) is 23.7 Å². The van der Waals surface area contributed by atoms with Crippen LogP contribution in [-0.2, 0) is 25.5 Å². The molecule has 3 N–H and O–H groups in total. The summed E-state index contributed by atoms with van der Waals surface area (Å²) in [7, 11) is 0. The number of carbonyl (C=O) groups excluding carboxylic acids is 3. The Labute approximate surface area is 218 Å². The molecule has 9 atom stereocenters. The van der Waals surface area contributed by atoms with Gasteiger partial charge in [-0.2, -0.15) is 0 Å². The first-order valence-electron chi connectivity index (χ1n) is 12.9. The highest BCUT2D eigenvalue weighted by atomic mass is 16.5. The first-order chi connectivity index (χ1) is 17.4. The smallest absolute Gasteiger partial charge is 0.303 e. The molecule has 1 aliphatic heterocycles. The largest absolute Gasteiger partial charge is 0.457 e. The number of ether oxygens (including phenoxy) is 1. The average molecular weight is 508 g/mol. The number of Topliss-reactive ketones (excluding diaryl/α,β-unsaturated/α-hetero) is 1. The van der Waals surface area contributed by atoms with E-state index in [1.165, 1.54) is 26.0 Å². The van der Waals surface area contributed by atoms with Gasteiger partial charge in [0.2, 0.25) is 5.91 Å². The Morgan fingerprint density at radius 1 is 1.19 bits per heavy atom. The highest BCUT2D eigenvalue weighted by Gasteiger charge is 2.68. The molecule has 2 fully saturated rings. The van der Waals surface area contributed by atoms with E-state index >= 15 is 0 Å². The summed E-state index contributed by atoms with van der Waals surface area (Å²) in [5.41, 5.74) is -1.55. The fraction of sp³-hybridized carbons (Fsp3) is 0.500. The number of benzene rings is 1. The summed E-state index contributed by atoms with van der Waals surface area (Å²) in [5, 5.41) is 25.7. The van der Waals surface area contributed by atoms with Crippen LogP contribution >= 0.6 is 0 Å². The number of rotatable bonds is 3. The SMILES string of the molecule is C=C1[C@@H](C)[C@H]2[C@H](Cc3ccccc3)NC(=O)[C@]23[C@H](OC(C)=O)C=C[C@](C)(O)C(=O)[C@@H](C)C/C=C/[C@H]3[C@@H]1O. The lowest BCUT2D eigenvalue weighted by Crippen LogP contribution is -2.60. The second-order valence-electron chi connectivity index (χ2n) is 11.0. The van der Waals surface area contributed by atoms with Gasteiger partial charge in [0.25, 0.3) is 0 Å². The summed E-state index contributed by atoms with van der Waals surface area (Å²) in [6, 6.07) is 9.49. The molecule has 1 heterocycles. The normalized spacial score (nSPS) is 40.7. The number of allylic oxidation sites excluding steroid dienone is 1. The number of hydrogen-bond acceptors (Lipinski definition) is 6. The van der Waals surface area contributed by atoms with Crippen LogP contribution in [0.4, 0.5) is 0 Å². The maximum atomic E-state index is 14.2. The monoisotopic (exact) mass is 507 g/mol. The van der Waals surface area contributed by atoms with Gasteiger partial charge in [-0.3, -0.25) is 14.4 Å². The molecule has 0 aromatic heterocycles. The maximum Gasteiger partial charge on any atom is 0.303 e. The van der Waals surface area contributed by atoms with Crippen LogP contribution in [0.2, 0.25) is 0 Å². The molecule has 3 aliphatic rings. The highest BCUT2D eigenvalue weighted by molar-refractivity contribution is 5.91. The Kier molecular flexibility index (Phi) is 7.32. The Morgan fingerprint density at radius 3 is 2.51 bits per heavy atom. The van der Waals surface area contributed by atoms with Crippen molar-refractivity contribution in [3.8, 4) is 0 Å². The van der Waals surface area contributed by atoms with Gasteiger partial charge in [-0.15, -0.1) is 0 Å². The Balaban J connectivity index is 1.94. The predicted molar refractivity (Wildman–Crippen MR) is 139 cm³/mol. The zero-order valence-electron chi connectivity index (χ0n) is 21.9. The summed E-state index contributed by atoms with van der Waals surface area (Å²) in [6.45, 7) is 10.5. The van der Waals surface area contributed by atoms with Gasteiger partial charge in [-0.05, 0) is 49.0 Å². The van der Waals surface area contributed by atoms with E-state index in [9.17, 15) is 24.6 Å². The van der Waals surface area contributed by atoms with Gasteiger partial charge in [-0.25, -0.2) is 0 Å². The minimum atomic E-state index is -1.82. The molecule has 1 amide bonds. The van der Waals surface area contributed by atoms with Crippen molar-refractivity contribution in [1.29, 1.82) is 0 Å². The van der Waals surface area contributed by atoms with Crippen LogP contribution < -0.4 is 5.32 Å². The van der Waals surface area contributed by atoms with Crippen molar-refractivity contribution in [3.63, 3.8) is 0 Å². The number of aliphatic hydroxyl groups is 2. The van der Waals surface area contributed by atoms with Gasteiger partial charge in [0.15, 0.2) is 5.78 Å². The summed E-state index contributed by atoms with van der Waals surface area (Å²) >= 11 is 0. The molecule has 0 radical (unpaired) electrons. The quantitative estimate of drug-likeness (QED) is 0.428. The van der Waals surface area contributed by atoms with Crippen molar-refractivity contribution in [2.24, 2.45) is 29.1 Å². The standard InChI is InChI=1S/C30H37NO6/c1-17-10-9-13-22-26(33)19(3)18(2)25-23(16-21-11-7-6-8-12-21)31-28(35)30(22,25)24(37-20(4)32)14-15-29(5,36)27(17)34/h6-9,11-15,17-18,22-26,33,36H,3,10,16H2,1-2,4-5H3,(H,31,35)/b13-9+,15-14?/t17-,18+,22-,23-,24+,25-,26+,29-,30+/m0/s1. The van der Waals surface area contributed by atoms with Gasteiger partial charge in [0.1, 0.15) is 17.1 Å². The number of carbonyl (C=O) groups is 3. The topological polar surface area (TPSA) is 113 Å². The zero-order valence-corrected chi connectivity index (χ0v) is 21.9. The molecule has 7 heteroatoms. The molecule has 1 aromatic rings. The second kappa shape index (κ2) is 10.0. The molecule has 4 rings (SSSR count). The Morgan fingerprint density at radius 2 is 1.86 bits per heavy atom. The molecule has 1 spiro atoms. The van der Waals surface area contributed by atoms with Gasteiger partial charge in [-0.1, -0.05) is 62.9 Å². The number of amides is 1. The molecule has 198 valence electrons. The van der Waals surface area contributed by atoms with Crippen molar-refractivity contribution >= 4 is 17.7 Å². The molecule has 1 aromatic carbocycles. The van der Waals surface area contributed by atoms with Crippen molar-refractivity contribution in [2.75, 3.05) is 0 Å². The summed E-state index contributed by atoms with van der Waals surface area (Å²) in [6.07, 6.45) is 5.01. The third kappa shape index (κ3) is 4.59. The van der Waals surface area contributed by atoms with Gasteiger partial charge in [0, 0.05) is 30.7 Å². The number of hydrogen-bond donors (Lipinski definition) is 3. The zero-order chi connectivity index (χ0) is 27.1. The number of esters is 1. The maximum absolute atomic E-state index is 14.2. The van der Waals surface area contributed by atoms with Crippen LogP contribution in [0.5, 0.6) is 0 Å². The predicted octanol–water partition coefficient (Wildman–Crippen LogP) is 2.92. The van der Waals surface area contributed by atoms with Crippen LogP contribution in [0.1, 0.15) is 39.7 Å². The molecule has 7 nitrogen and oxygen atoms in total. The number of ketones is 1. The fourth-order valence-electron chi connectivity index (χ4n) is 6.68. The van der Waals surface area contributed by atoms with Crippen molar-refractivity contribution in [3.05, 3.63) is 72.4 Å². The van der Waals surface area contributed by atoms with E-state index in [1.807, 2.05) is 37.3 Å². The highest BCUT2D eigenvalue weighted by Crippen LogP contribution is 2.58. The van der Waals surface area contributed by atoms with Crippen LogP contribution in [0.3, 0.4) is 0 Å². The molecule has 2 aliphatic carbocycles. The van der Waals surface area contributed by atoms with E-state index < -0.39 is 46.9 Å². The van der Waals surface area contributed by atoms with Gasteiger partial charge < -0.3 is 20.3 Å². The first kappa shape index (κ1) is 27.0. The molecule has 0 unspecified atom stereocenters. The van der Waals surface area contributed by atoms with Gasteiger partial charge >= 0.3 is 5.97 Å². The van der Waals surface area contributed by atoms with Crippen molar-refractivity contribution in [1.82, 2.24) is 5.32 Å².